The number of nitrogens with two attached hydrogens (primary N) is 1. The molecule has 8 nitrogen and oxygen atoms in total. The molecule has 186 valence electrons. The zero-order chi connectivity index (χ0) is 25.2. The van der Waals surface area contributed by atoms with E-state index >= 15 is 0 Å². The van der Waals surface area contributed by atoms with Crippen molar-refractivity contribution in [3.63, 3.8) is 0 Å². The maximum Gasteiger partial charge on any atom is 0.256 e. The molecule has 1 aliphatic heterocycles. The Kier molecular flexibility index (Phi) is 7.09. The molecule has 2 aromatic heterocycles. The second kappa shape index (κ2) is 10.4. The molecule has 4 N–H and O–H groups in total. The maximum atomic E-state index is 12.6. The first-order valence-electron chi connectivity index (χ1n) is 12.0. The zero-order valence-corrected chi connectivity index (χ0v) is 21.4. The first kappa shape index (κ1) is 24.5. The lowest BCUT2D eigenvalue weighted by Crippen LogP contribution is -2.26. The Bertz CT molecular complexity index is 1430. The molecule has 4 aromatic rings. The number of carbonyl (C=O) groups is 1. The number of carbonyl (C=O) groups excluding carboxylic acids is 1. The predicted octanol–water partition coefficient (Wildman–Crippen LogP) is 4.89. The minimum Gasteiger partial charge on any atom is -0.365 e. The Balaban J connectivity index is 1.59. The number of primary amides is 1. The van der Waals surface area contributed by atoms with Crippen LogP contribution in [0.25, 0.3) is 5.65 Å². The van der Waals surface area contributed by atoms with Crippen LogP contribution < -0.4 is 16.4 Å². The van der Waals surface area contributed by atoms with Gasteiger partial charge in [-0.15, -0.1) is 10.2 Å². The van der Waals surface area contributed by atoms with Crippen LogP contribution >= 0.6 is 23.2 Å². The first-order valence-corrected chi connectivity index (χ1v) is 12.8. The lowest BCUT2D eigenvalue weighted by Gasteiger charge is -2.23. The quantitative estimate of drug-likeness (QED) is 0.318. The molecule has 5 rings (SSSR count). The summed E-state index contributed by atoms with van der Waals surface area (Å²) in [5.41, 5.74) is 9.05. The van der Waals surface area contributed by atoms with Crippen LogP contribution in [0.3, 0.4) is 0 Å². The second-order valence-corrected chi connectivity index (χ2v) is 9.72. The molecule has 0 saturated carbocycles. The van der Waals surface area contributed by atoms with Crippen molar-refractivity contribution in [2.75, 3.05) is 18.4 Å². The molecule has 3 heterocycles. The van der Waals surface area contributed by atoms with Gasteiger partial charge in [-0.05, 0) is 61.2 Å². The minimum atomic E-state index is -0.656. The van der Waals surface area contributed by atoms with Gasteiger partial charge in [0.2, 0.25) is 0 Å². The van der Waals surface area contributed by atoms with Gasteiger partial charge in [-0.3, -0.25) is 9.20 Å². The molecule has 0 unspecified atom stereocenters. The molecule has 0 radical (unpaired) electrons. The molecule has 2 aromatic carbocycles. The average Bonchev–Trinajstić information content (AvgIpc) is 3.31. The Labute approximate surface area is 219 Å². The number of hydrogen-bond acceptors (Lipinski definition) is 6. The van der Waals surface area contributed by atoms with Gasteiger partial charge in [0, 0.05) is 17.9 Å². The minimum absolute atomic E-state index is 0.156. The van der Waals surface area contributed by atoms with E-state index in [4.69, 9.17) is 33.9 Å². The SMILES string of the molecule is CCc1nnc2c(C(N)=O)c(Nc3ccc(C4CCNCC4)cc3Cl)nc(Cc3ccccc3Cl)n12. The fourth-order valence-corrected chi connectivity index (χ4v) is 5.18. The highest BCUT2D eigenvalue weighted by Crippen LogP contribution is 2.34. The normalized spacial score (nSPS) is 14.3. The molecular weight excluding hydrogens is 497 g/mol. The number of anilines is 2. The van der Waals surface area contributed by atoms with Crippen molar-refractivity contribution in [2.24, 2.45) is 5.73 Å². The van der Waals surface area contributed by atoms with E-state index in [9.17, 15) is 4.79 Å². The van der Waals surface area contributed by atoms with Gasteiger partial charge in [-0.2, -0.15) is 0 Å². The van der Waals surface area contributed by atoms with E-state index in [2.05, 4.69) is 26.9 Å². The van der Waals surface area contributed by atoms with Crippen LogP contribution in [0.5, 0.6) is 0 Å². The third-order valence-electron chi connectivity index (χ3n) is 6.62. The molecule has 36 heavy (non-hydrogen) atoms. The van der Waals surface area contributed by atoms with Crippen LogP contribution in [0.1, 0.15) is 58.8 Å². The Hall–Kier alpha value is -3.20. The van der Waals surface area contributed by atoms with Crippen molar-refractivity contribution in [3.8, 4) is 0 Å². The van der Waals surface area contributed by atoms with Gasteiger partial charge < -0.3 is 16.4 Å². The number of aryl methyl sites for hydroxylation is 1. The van der Waals surface area contributed by atoms with Crippen LogP contribution in [-0.2, 0) is 12.8 Å². The number of amides is 1. The van der Waals surface area contributed by atoms with Crippen LogP contribution in [0.15, 0.2) is 42.5 Å². The van der Waals surface area contributed by atoms with E-state index in [-0.39, 0.29) is 11.4 Å². The number of halogens is 2. The predicted molar refractivity (Wildman–Crippen MR) is 143 cm³/mol. The van der Waals surface area contributed by atoms with Crippen LogP contribution in [0.4, 0.5) is 11.5 Å². The fourth-order valence-electron chi connectivity index (χ4n) is 4.74. The van der Waals surface area contributed by atoms with E-state index in [1.165, 1.54) is 5.56 Å². The number of fused-ring (bicyclic) bond motifs is 1. The van der Waals surface area contributed by atoms with E-state index in [1.54, 1.807) is 4.40 Å². The molecule has 1 fully saturated rings. The first-order chi connectivity index (χ1) is 17.5. The standard InChI is InChI=1S/C26H27Cl2N7O/c1-2-21-33-34-26-23(24(29)36)25(32-22(35(21)26)14-17-5-3-4-6-18(17)27)31-20-8-7-16(13-19(20)28)15-9-11-30-12-10-15/h3-8,13,15,30-31H,2,9-12,14H2,1H3,(H2,29,36). The maximum absolute atomic E-state index is 12.6. The zero-order valence-electron chi connectivity index (χ0n) is 19.9. The molecule has 1 saturated heterocycles. The summed E-state index contributed by atoms with van der Waals surface area (Å²) in [7, 11) is 0. The highest BCUT2D eigenvalue weighted by Gasteiger charge is 2.24. The molecule has 0 spiro atoms. The number of aromatic nitrogens is 4. The lowest BCUT2D eigenvalue weighted by molar-refractivity contribution is 0.100. The summed E-state index contributed by atoms with van der Waals surface area (Å²) in [5, 5.41) is 16.4. The van der Waals surface area contributed by atoms with Gasteiger partial charge in [-0.1, -0.05) is 54.4 Å². The van der Waals surface area contributed by atoms with Crippen molar-refractivity contribution >= 4 is 46.3 Å². The van der Waals surface area contributed by atoms with E-state index < -0.39 is 5.91 Å². The van der Waals surface area contributed by atoms with Gasteiger partial charge >= 0.3 is 0 Å². The second-order valence-electron chi connectivity index (χ2n) is 8.90. The van der Waals surface area contributed by atoms with Gasteiger partial charge in [0.25, 0.3) is 5.91 Å². The van der Waals surface area contributed by atoms with Crippen molar-refractivity contribution in [1.82, 2.24) is 24.9 Å². The Morgan fingerprint density at radius 3 is 2.58 bits per heavy atom. The molecule has 0 atom stereocenters. The summed E-state index contributed by atoms with van der Waals surface area (Å²) < 4.78 is 1.79. The summed E-state index contributed by atoms with van der Waals surface area (Å²) in [6.07, 6.45) is 3.17. The van der Waals surface area contributed by atoms with Crippen LogP contribution in [0.2, 0.25) is 10.0 Å². The van der Waals surface area contributed by atoms with Gasteiger partial charge in [0.05, 0.1) is 10.7 Å². The van der Waals surface area contributed by atoms with Crippen molar-refractivity contribution in [3.05, 3.63) is 80.8 Å². The highest BCUT2D eigenvalue weighted by molar-refractivity contribution is 6.33. The van der Waals surface area contributed by atoms with Gasteiger partial charge in [-0.25, -0.2) is 4.98 Å². The molecule has 0 aliphatic carbocycles. The summed E-state index contributed by atoms with van der Waals surface area (Å²) in [4.78, 5) is 17.4. The fraction of sp³-hybridized carbons (Fsp3) is 0.308. The van der Waals surface area contributed by atoms with Gasteiger partial charge in [0.15, 0.2) is 5.65 Å². The van der Waals surface area contributed by atoms with E-state index in [0.717, 1.165) is 31.5 Å². The van der Waals surface area contributed by atoms with Crippen molar-refractivity contribution in [1.29, 1.82) is 0 Å². The number of rotatable bonds is 7. The van der Waals surface area contributed by atoms with E-state index in [1.807, 2.05) is 43.3 Å². The molecule has 1 aliphatic rings. The third-order valence-corrected chi connectivity index (χ3v) is 7.30. The van der Waals surface area contributed by atoms with E-state index in [0.29, 0.717) is 51.8 Å². The van der Waals surface area contributed by atoms with Crippen LogP contribution in [-0.4, -0.2) is 38.6 Å². The van der Waals surface area contributed by atoms with Crippen LogP contribution in [0, 0.1) is 0 Å². The number of hydrogen-bond donors (Lipinski definition) is 3. The third kappa shape index (κ3) is 4.76. The summed E-state index contributed by atoms with van der Waals surface area (Å²) in [6, 6.07) is 13.6. The number of piperidine rings is 1. The summed E-state index contributed by atoms with van der Waals surface area (Å²) in [6.45, 7) is 3.97. The number of benzene rings is 2. The Morgan fingerprint density at radius 2 is 1.89 bits per heavy atom. The Morgan fingerprint density at radius 1 is 1.11 bits per heavy atom. The van der Waals surface area contributed by atoms with Crippen molar-refractivity contribution in [2.45, 2.75) is 38.5 Å². The highest BCUT2D eigenvalue weighted by atomic mass is 35.5. The van der Waals surface area contributed by atoms with Crippen molar-refractivity contribution < 1.29 is 4.79 Å². The molecular formula is C26H27Cl2N7O. The smallest absolute Gasteiger partial charge is 0.256 e. The lowest BCUT2D eigenvalue weighted by atomic mass is 9.90. The number of nitrogens with one attached hydrogen (secondary N) is 2. The monoisotopic (exact) mass is 523 g/mol. The molecule has 1 amide bonds. The molecule has 0 bridgehead atoms. The summed E-state index contributed by atoms with van der Waals surface area (Å²) in [5.74, 6) is 1.41. The topological polar surface area (TPSA) is 110 Å². The average molecular weight is 524 g/mol. The summed E-state index contributed by atoms with van der Waals surface area (Å²) >= 11 is 13.1. The van der Waals surface area contributed by atoms with Gasteiger partial charge in [0.1, 0.15) is 23.0 Å². The molecule has 10 heteroatoms. The largest absolute Gasteiger partial charge is 0.365 e. The number of nitrogens with zero attached hydrogens (tertiary/aromatic N) is 4.